The second kappa shape index (κ2) is 7.25. The van der Waals surface area contributed by atoms with Crippen molar-refractivity contribution in [1.29, 1.82) is 0 Å². The monoisotopic (exact) mass is 396 g/mol. The fraction of sp³-hybridized carbons (Fsp3) is 0.391. The molecular formula is C23H25ClN2O2. The molecule has 28 heavy (non-hydrogen) atoms. The van der Waals surface area contributed by atoms with Gasteiger partial charge in [0.2, 0.25) is 11.8 Å². The molecule has 1 saturated heterocycles. The number of carbonyl (C=O) groups excluding carboxylic acids is 2. The topological polar surface area (TPSA) is 49.4 Å². The van der Waals surface area contributed by atoms with Crippen LogP contribution in [0.2, 0.25) is 5.02 Å². The molecule has 1 unspecified atom stereocenters. The van der Waals surface area contributed by atoms with Gasteiger partial charge in [-0.1, -0.05) is 29.8 Å². The quantitative estimate of drug-likeness (QED) is 0.797. The lowest BCUT2D eigenvalue weighted by atomic mass is 9.90. The van der Waals surface area contributed by atoms with Gasteiger partial charge in [0.15, 0.2) is 0 Å². The Labute approximate surface area is 170 Å². The molecule has 2 aromatic carbocycles. The van der Waals surface area contributed by atoms with Crippen LogP contribution >= 0.6 is 11.6 Å². The second-order valence-corrected chi connectivity index (χ2v) is 8.42. The molecule has 2 fully saturated rings. The number of halogens is 1. The number of nitrogens with zero attached hydrogens (tertiary/aromatic N) is 1. The molecular weight excluding hydrogens is 372 g/mol. The first-order chi connectivity index (χ1) is 13.4. The van der Waals surface area contributed by atoms with Crippen molar-refractivity contribution < 1.29 is 9.59 Å². The smallest absolute Gasteiger partial charge is 0.231 e. The molecule has 1 heterocycles. The summed E-state index contributed by atoms with van der Waals surface area (Å²) >= 11 is 6.08. The van der Waals surface area contributed by atoms with Crippen LogP contribution in [0.1, 0.15) is 55.3 Å². The van der Waals surface area contributed by atoms with Crippen molar-refractivity contribution in [3.8, 4) is 0 Å². The Morgan fingerprint density at radius 2 is 2.00 bits per heavy atom. The Hall–Kier alpha value is -2.33. The van der Waals surface area contributed by atoms with Gasteiger partial charge in [-0.25, -0.2) is 0 Å². The Morgan fingerprint density at radius 3 is 2.64 bits per heavy atom. The normalized spacial score (nSPS) is 18.8. The molecule has 5 heteroatoms. The molecule has 4 nitrogen and oxygen atoms in total. The number of nitrogens with one attached hydrogen (secondary N) is 1. The molecule has 2 amide bonds. The molecule has 1 aliphatic carbocycles. The van der Waals surface area contributed by atoms with Crippen molar-refractivity contribution in [1.82, 2.24) is 5.32 Å². The minimum atomic E-state index is -0.439. The summed E-state index contributed by atoms with van der Waals surface area (Å²) < 4.78 is 0. The maximum absolute atomic E-state index is 13.1. The molecule has 0 radical (unpaired) electrons. The predicted octanol–water partition coefficient (Wildman–Crippen LogP) is 4.68. The Balaban J connectivity index is 1.51. The van der Waals surface area contributed by atoms with Crippen LogP contribution in [0.15, 0.2) is 42.5 Å². The number of hydrogen-bond donors (Lipinski definition) is 1. The average Bonchev–Trinajstić information content (AvgIpc) is 3.36. The van der Waals surface area contributed by atoms with Crippen molar-refractivity contribution in [3.63, 3.8) is 0 Å². The Kier molecular flexibility index (Phi) is 4.92. The highest BCUT2D eigenvalue weighted by Gasteiger charge is 2.52. The molecule has 146 valence electrons. The van der Waals surface area contributed by atoms with E-state index in [-0.39, 0.29) is 17.9 Å². The van der Waals surface area contributed by atoms with E-state index >= 15 is 0 Å². The largest absolute Gasteiger partial charge is 0.349 e. The molecule has 1 saturated carbocycles. The maximum Gasteiger partial charge on any atom is 0.231 e. The van der Waals surface area contributed by atoms with Crippen LogP contribution in [0.5, 0.6) is 0 Å². The molecule has 4 rings (SSSR count). The SMILES string of the molecule is Cc1cc(Cl)ccc1C1(C(=O)NC(C)c2cccc(N3CCCC3=O)c2)CC1. The van der Waals surface area contributed by atoms with E-state index in [4.69, 9.17) is 11.6 Å². The predicted molar refractivity (Wildman–Crippen MR) is 112 cm³/mol. The molecule has 0 spiro atoms. The fourth-order valence-corrected chi connectivity index (χ4v) is 4.44. The van der Waals surface area contributed by atoms with Crippen LogP contribution in [0.4, 0.5) is 5.69 Å². The summed E-state index contributed by atoms with van der Waals surface area (Å²) in [7, 11) is 0. The third-order valence-corrected chi connectivity index (χ3v) is 6.23. The van der Waals surface area contributed by atoms with E-state index in [2.05, 4.69) is 5.32 Å². The summed E-state index contributed by atoms with van der Waals surface area (Å²) in [5.41, 5.74) is 3.61. The zero-order valence-corrected chi connectivity index (χ0v) is 17.1. The van der Waals surface area contributed by atoms with Gasteiger partial charge in [-0.2, -0.15) is 0 Å². The summed E-state index contributed by atoms with van der Waals surface area (Å²) in [5.74, 6) is 0.233. The third-order valence-electron chi connectivity index (χ3n) is 5.99. The lowest BCUT2D eigenvalue weighted by Crippen LogP contribution is -2.36. The van der Waals surface area contributed by atoms with Crippen LogP contribution in [-0.2, 0) is 15.0 Å². The minimum Gasteiger partial charge on any atom is -0.349 e. The first kappa shape index (κ1) is 19.0. The zero-order valence-electron chi connectivity index (χ0n) is 16.3. The first-order valence-corrected chi connectivity index (χ1v) is 10.3. The molecule has 1 aliphatic heterocycles. The van der Waals surface area contributed by atoms with E-state index < -0.39 is 5.41 Å². The summed E-state index contributed by atoms with van der Waals surface area (Å²) in [6, 6.07) is 13.6. The molecule has 0 aromatic heterocycles. The second-order valence-electron chi connectivity index (χ2n) is 7.98. The van der Waals surface area contributed by atoms with E-state index in [1.54, 1.807) is 0 Å². The number of aryl methyl sites for hydroxylation is 1. The summed E-state index contributed by atoms with van der Waals surface area (Å²) in [5, 5.41) is 3.89. The van der Waals surface area contributed by atoms with Gasteiger partial charge in [-0.05, 0) is 74.1 Å². The highest BCUT2D eigenvalue weighted by Crippen LogP contribution is 2.50. The van der Waals surface area contributed by atoms with Crippen LogP contribution in [0, 0.1) is 6.92 Å². The molecule has 2 aliphatic rings. The van der Waals surface area contributed by atoms with Crippen molar-refractivity contribution in [2.45, 2.75) is 51.0 Å². The molecule has 1 N–H and O–H groups in total. The van der Waals surface area contributed by atoms with Crippen molar-refractivity contribution >= 4 is 29.1 Å². The van der Waals surface area contributed by atoms with E-state index in [0.29, 0.717) is 11.4 Å². The van der Waals surface area contributed by atoms with Crippen molar-refractivity contribution in [2.75, 3.05) is 11.4 Å². The van der Waals surface area contributed by atoms with E-state index in [9.17, 15) is 9.59 Å². The minimum absolute atomic E-state index is 0.0630. The van der Waals surface area contributed by atoms with Crippen molar-refractivity contribution in [2.24, 2.45) is 0 Å². The van der Waals surface area contributed by atoms with E-state index in [1.165, 1.54) is 0 Å². The Morgan fingerprint density at radius 1 is 1.21 bits per heavy atom. The van der Waals surface area contributed by atoms with Gasteiger partial charge >= 0.3 is 0 Å². The van der Waals surface area contributed by atoms with E-state index in [0.717, 1.165) is 48.2 Å². The van der Waals surface area contributed by atoms with Crippen LogP contribution in [-0.4, -0.2) is 18.4 Å². The lowest BCUT2D eigenvalue weighted by molar-refractivity contribution is -0.124. The number of anilines is 1. The lowest BCUT2D eigenvalue weighted by Gasteiger charge is -2.23. The average molecular weight is 397 g/mol. The number of hydrogen-bond acceptors (Lipinski definition) is 2. The number of rotatable bonds is 5. The van der Waals surface area contributed by atoms with Crippen molar-refractivity contribution in [3.05, 3.63) is 64.2 Å². The standard InChI is InChI=1S/C23H25ClN2O2/c1-15-13-18(24)8-9-20(15)23(10-11-23)22(28)25-16(2)17-5-3-6-19(14-17)26-12-4-7-21(26)27/h3,5-6,8-9,13-14,16H,4,7,10-12H2,1-2H3,(H,25,28). The van der Waals surface area contributed by atoms with Gasteiger partial charge in [-0.3, -0.25) is 9.59 Å². The summed E-state index contributed by atoms with van der Waals surface area (Å²) in [4.78, 5) is 27.0. The van der Waals surface area contributed by atoms with Gasteiger partial charge in [0, 0.05) is 23.7 Å². The number of amides is 2. The van der Waals surface area contributed by atoms with Gasteiger partial charge in [0.05, 0.1) is 11.5 Å². The Bertz CT molecular complexity index is 936. The summed E-state index contributed by atoms with van der Waals surface area (Å²) in [6.07, 6.45) is 3.23. The number of benzene rings is 2. The zero-order chi connectivity index (χ0) is 19.9. The van der Waals surface area contributed by atoms with Gasteiger partial charge in [0.25, 0.3) is 0 Å². The van der Waals surface area contributed by atoms with Gasteiger partial charge in [-0.15, -0.1) is 0 Å². The van der Waals surface area contributed by atoms with Crippen LogP contribution < -0.4 is 10.2 Å². The number of carbonyl (C=O) groups is 2. The van der Waals surface area contributed by atoms with E-state index in [1.807, 2.05) is 61.2 Å². The fourth-order valence-electron chi connectivity index (χ4n) is 4.21. The molecule has 0 bridgehead atoms. The molecule has 1 atom stereocenters. The van der Waals surface area contributed by atoms with Crippen LogP contribution in [0.3, 0.4) is 0 Å². The first-order valence-electron chi connectivity index (χ1n) is 9.89. The maximum atomic E-state index is 13.1. The third kappa shape index (κ3) is 3.42. The molecule has 2 aromatic rings. The van der Waals surface area contributed by atoms with Gasteiger partial charge in [0.1, 0.15) is 0 Å². The highest BCUT2D eigenvalue weighted by atomic mass is 35.5. The van der Waals surface area contributed by atoms with Gasteiger partial charge < -0.3 is 10.2 Å². The van der Waals surface area contributed by atoms with Crippen LogP contribution in [0.25, 0.3) is 0 Å². The summed E-state index contributed by atoms with van der Waals surface area (Å²) in [6.45, 7) is 4.77. The highest BCUT2D eigenvalue weighted by molar-refractivity contribution is 6.30.